The Hall–Kier alpha value is -3.70. The number of rotatable bonds is 4. The molecule has 4 rings (SSSR count). The van der Waals surface area contributed by atoms with Crippen LogP contribution >= 0.6 is 0 Å². The molecule has 8 heteroatoms. The average Bonchev–Trinajstić information content (AvgIpc) is 2.76. The Labute approximate surface area is 175 Å². The molecule has 0 atom stereocenters. The lowest BCUT2D eigenvalue weighted by Crippen LogP contribution is -2.28. The maximum atomic E-state index is 12.8. The Morgan fingerprint density at radius 2 is 1.80 bits per heavy atom. The molecule has 0 spiro atoms. The summed E-state index contributed by atoms with van der Waals surface area (Å²) >= 11 is 0. The summed E-state index contributed by atoms with van der Waals surface area (Å²) < 4.78 is 31.1. The maximum absolute atomic E-state index is 12.8. The zero-order valence-corrected chi connectivity index (χ0v) is 17.2. The van der Waals surface area contributed by atoms with Gasteiger partial charge in [-0.05, 0) is 19.1 Å². The minimum absolute atomic E-state index is 0.0141. The fraction of sp³-hybridized carbons (Fsp3) is 0.136. The second kappa shape index (κ2) is 7.61. The first kappa shape index (κ1) is 19.6. The molecule has 0 amide bonds. The first-order valence-corrected chi connectivity index (χ1v) is 10.6. The van der Waals surface area contributed by atoms with Gasteiger partial charge in [-0.2, -0.15) is 13.7 Å². The quantitative estimate of drug-likeness (QED) is 0.598. The molecule has 1 aliphatic rings. The summed E-state index contributed by atoms with van der Waals surface area (Å²) in [5.74, 6) is 0.963. The average molecular weight is 418 g/mol. The topological polar surface area (TPSA) is 96.2 Å². The first-order chi connectivity index (χ1) is 14.4. The van der Waals surface area contributed by atoms with Gasteiger partial charge in [0, 0.05) is 18.8 Å². The molecule has 0 bridgehead atoms. The third kappa shape index (κ3) is 3.63. The molecule has 30 heavy (non-hydrogen) atoms. The van der Waals surface area contributed by atoms with E-state index in [0.717, 1.165) is 11.1 Å². The summed E-state index contributed by atoms with van der Waals surface area (Å²) in [5, 5.41) is 9.59. The highest BCUT2D eigenvalue weighted by Gasteiger charge is 2.30. The van der Waals surface area contributed by atoms with Gasteiger partial charge in [0.15, 0.2) is 11.6 Å². The van der Waals surface area contributed by atoms with Crippen molar-refractivity contribution in [3.8, 4) is 17.5 Å². The van der Waals surface area contributed by atoms with E-state index in [1.165, 1.54) is 18.3 Å². The second-order valence-corrected chi connectivity index (χ2v) is 8.47. The van der Waals surface area contributed by atoms with Gasteiger partial charge in [0.1, 0.15) is 16.8 Å². The third-order valence-electron chi connectivity index (χ3n) is 4.71. The van der Waals surface area contributed by atoms with E-state index < -0.39 is 10.1 Å². The van der Waals surface area contributed by atoms with Crippen molar-refractivity contribution in [2.45, 2.75) is 11.8 Å². The van der Waals surface area contributed by atoms with E-state index in [-0.39, 0.29) is 22.8 Å². The predicted molar refractivity (Wildman–Crippen MR) is 113 cm³/mol. The molecule has 0 saturated carbocycles. The molecular weight excluding hydrogens is 400 g/mol. The van der Waals surface area contributed by atoms with Crippen molar-refractivity contribution >= 4 is 21.7 Å². The number of fused-ring (bicyclic) bond motifs is 1. The van der Waals surface area contributed by atoms with Crippen LogP contribution in [0.15, 0.2) is 71.3 Å². The SMILES string of the molecule is Cc1ccc(S(=O)(=O)OC2=C(C#N)CN(C)c3nc(-c4ccccc4)ncc32)cc1. The van der Waals surface area contributed by atoms with Crippen molar-refractivity contribution < 1.29 is 12.6 Å². The van der Waals surface area contributed by atoms with Crippen LogP contribution in [-0.4, -0.2) is 32.0 Å². The van der Waals surface area contributed by atoms with Gasteiger partial charge in [-0.15, -0.1) is 0 Å². The summed E-state index contributed by atoms with van der Waals surface area (Å²) in [6, 6.07) is 17.8. The molecule has 3 aromatic rings. The Balaban J connectivity index is 1.78. The molecule has 2 aromatic carbocycles. The van der Waals surface area contributed by atoms with E-state index in [0.29, 0.717) is 17.2 Å². The zero-order chi connectivity index (χ0) is 21.3. The van der Waals surface area contributed by atoms with Gasteiger partial charge in [0.2, 0.25) is 0 Å². The van der Waals surface area contributed by atoms with Crippen molar-refractivity contribution in [3.63, 3.8) is 0 Å². The van der Waals surface area contributed by atoms with Gasteiger partial charge in [-0.25, -0.2) is 9.97 Å². The van der Waals surface area contributed by atoms with Gasteiger partial charge >= 0.3 is 10.1 Å². The van der Waals surface area contributed by atoms with Crippen LogP contribution in [0.1, 0.15) is 11.1 Å². The van der Waals surface area contributed by atoms with E-state index in [2.05, 4.69) is 9.97 Å². The van der Waals surface area contributed by atoms with Crippen molar-refractivity contribution in [2.75, 3.05) is 18.5 Å². The van der Waals surface area contributed by atoms with Gasteiger partial charge in [0.05, 0.1) is 17.7 Å². The number of nitrogens with zero attached hydrogens (tertiary/aromatic N) is 4. The fourth-order valence-electron chi connectivity index (χ4n) is 3.14. The zero-order valence-electron chi connectivity index (χ0n) is 16.4. The molecule has 1 aliphatic heterocycles. The molecule has 0 N–H and O–H groups in total. The van der Waals surface area contributed by atoms with Crippen LogP contribution in [0.5, 0.6) is 0 Å². The normalized spacial score (nSPS) is 13.6. The predicted octanol–water partition coefficient (Wildman–Crippen LogP) is 3.54. The number of aryl methyl sites for hydroxylation is 1. The Morgan fingerprint density at radius 1 is 1.10 bits per heavy atom. The van der Waals surface area contributed by atoms with Crippen molar-refractivity contribution in [1.29, 1.82) is 5.26 Å². The van der Waals surface area contributed by atoms with Gasteiger partial charge in [-0.3, -0.25) is 0 Å². The Bertz CT molecular complexity index is 1280. The molecule has 150 valence electrons. The van der Waals surface area contributed by atoms with Crippen molar-refractivity contribution in [3.05, 3.63) is 77.5 Å². The number of aromatic nitrogens is 2. The summed E-state index contributed by atoms with van der Waals surface area (Å²) in [6.07, 6.45) is 1.50. The van der Waals surface area contributed by atoms with Gasteiger partial charge in [0.25, 0.3) is 0 Å². The minimum Gasteiger partial charge on any atom is -0.377 e. The van der Waals surface area contributed by atoms with E-state index in [4.69, 9.17) is 4.18 Å². The number of hydrogen-bond acceptors (Lipinski definition) is 7. The molecular formula is C22H18N4O3S. The van der Waals surface area contributed by atoms with Crippen LogP contribution in [0, 0.1) is 18.3 Å². The largest absolute Gasteiger partial charge is 0.377 e. The number of benzene rings is 2. The van der Waals surface area contributed by atoms with Gasteiger partial charge in [-0.1, -0.05) is 48.0 Å². The molecule has 0 aliphatic carbocycles. The Kier molecular flexibility index (Phi) is 4.98. The Morgan fingerprint density at radius 3 is 2.47 bits per heavy atom. The van der Waals surface area contributed by atoms with Crippen molar-refractivity contribution in [2.24, 2.45) is 0 Å². The molecule has 0 unspecified atom stereocenters. The fourth-order valence-corrected chi connectivity index (χ4v) is 4.12. The van der Waals surface area contributed by atoms with Crippen LogP contribution in [-0.2, 0) is 14.3 Å². The van der Waals surface area contributed by atoms with Crippen LogP contribution in [0.3, 0.4) is 0 Å². The third-order valence-corrected chi connectivity index (χ3v) is 5.95. The van der Waals surface area contributed by atoms with Crippen LogP contribution in [0.4, 0.5) is 5.82 Å². The lowest BCUT2D eigenvalue weighted by atomic mass is 10.1. The second-order valence-electron chi connectivity index (χ2n) is 6.92. The number of hydrogen-bond donors (Lipinski definition) is 0. The monoisotopic (exact) mass is 418 g/mol. The summed E-state index contributed by atoms with van der Waals surface area (Å²) in [6.45, 7) is 2.04. The molecule has 0 fully saturated rings. The minimum atomic E-state index is -4.13. The van der Waals surface area contributed by atoms with E-state index >= 15 is 0 Å². The molecule has 0 radical (unpaired) electrons. The molecule has 1 aromatic heterocycles. The number of likely N-dealkylation sites (N-methyl/N-ethyl adjacent to an activating group) is 1. The lowest BCUT2D eigenvalue weighted by molar-refractivity contribution is 0.460. The van der Waals surface area contributed by atoms with E-state index in [1.807, 2.05) is 43.3 Å². The highest BCUT2D eigenvalue weighted by molar-refractivity contribution is 7.87. The van der Waals surface area contributed by atoms with Crippen LogP contribution in [0.2, 0.25) is 0 Å². The van der Waals surface area contributed by atoms with Crippen LogP contribution < -0.4 is 4.90 Å². The summed E-state index contributed by atoms with van der Waals surface area (Å²) in [5.41, 5.74) is 2.31. The van der Waals surface area contributed by atoms with Gasteiger partial charge < -0.3 is 9.08 Å². The molecule has 7 nitrogen and oxygen atoms in total. The summed E-state index contributed by atoms with van der Waals surface area (Å²) in [4.78, 5) is 10.8. The molecule has 0 saturated heterocycles. The summed E-state index contributed by atoms with van der Waals surface area (Å²) in [7, 11) is -2.34. The maximum Gasteiger partial charge on any atom is 0.339 e. The number of nitriles is 1. The van der Waals surface area contributed by atoms with E-state index in [9.17, 15) is 13.7 Å². The molecule has 2 heterocycles. The highest BCUT2D eigenvalue weighted by Crippen LogP contribution is 2.36. The first-order valence-electron chi connectivity index (χ1n) is 9.17. The lowest BCUT2D eigenvalue weighted by Gasteiger charge is -2.27. The highest BCUT2D eigenvalue weighted by atomic mass is 32.2. The van der Waals surface area contributed by atoms with Crippen LogP contribution in [0.25, 0.3) is 17.1 Å². The smallest absolute Gasteiger partial charge is 0.339 e. The van der Waals surface area contributed by atoms with Crippen molar-refractivity contribution in [1.82, 2.24) is 9.97 Å². The number of anilines is 1. The van der Waals surface area contributed by atoms with E-state index in [1.54, 1.807) is 24.1 Å². The standard InChI is InChI=1S/C22H18N4O3S/c1-15-8-10-18(11-9-15)30(27,28)29-20-17(12-23)14-26(2)22-19(20)13-24-21(25-22)16-6-4-3-5-7-16/h3-11,13H,14H2,1-2H3.